The number of nitrogens with one attached hydrogen (secondary N) is 2. The highest BCUT2D eigenvalue weighted by Gasteiger charge is 2.05. The summed E-state index contributed by atoms with van der Waals surface area (Å²) in [6.45, 7) is 1.86. The zero-order chi connectivity index (χ0) is 13.1. The van der Waals surface area contributed by atoms with Crippen molar-refractivity contribution in [1.29, 1.82) is 0 Å². The number of anilines is 3. The summed E-state index contributed by atoms with van der Waals surface area (Å²) in [7, 11) is 0. The Balaban J connectivity index is 2.33. The smallest absolute Gasteiger partial charge is 0.239 e. The topological polar surface area (TPSA) is 75.9 Å². The molecule has 0 saturated heterocycles. The predicted octanol–water partition coefficient (Wildman–Crippen LogP) is 3.23. The van der Waals surface area contributed by atoms with Crippen LogP contribution >= 0.6 is 27.5 Å². The second-order valence-electron chi connectivity index (χ2n) is 3.61. The molecule has 0 atom stereocenters. The molecular weight excluding hydrogens is 318 g/mol. The zero-order valence-electron chi connectivity index (χ0n) is 9.54. The highest BCUT2D eigenvalue weighted by atomic mass is 79.9. The minimum Gasteiger partial charge on any atom is -0.339 e. The Labute approximate surface area is 118 Å². The van der Waals surface area contributed by atoms with E-state index in [1.807, 2.05) is 19.1 Å². The van der Waals surface area contributed by atoms with Gasteiger partial charge in [0.25, 0.3) is 0 Å². The lowest BCUT2D eigenvalue weighted by atomic mass is 10.3. The average Bonchev–Trinajstić information content (AvgIpc) is 2.33. The molecule has 0 bridgehead atoms. The lowest BCUT2D eigenvalue weighted by Crippen LogP contribution is -2.11. The molecule has 0 aliphatic rings. The van der Waals surface area contributed by atoms with Crippen molar-refractivity contribution in [2.24, 2.45) is 5.84 Å². The van der Waals surface area contributed by atoms with Gasteiger partial charge in [-0.25, -0.2) is 10.8 Å². The third-order valence-electron chi connectivity index (χ3n) is 2.17. The van der Waals surface area contributed by atoms with Gasteiger partial charge in [-0.05, 0) is 25.1 Å². The van der Waals surface area contributed by atoms with Gasteiger partial charge in [0.15, 0.2) is 0 Å². The highest BCUT2D eigenvalue weighted by molar-refractivity contribution is 9.10. The van der Waals surface area contributed by atoms with E-state index in [2.05, 4.69) is 36.6 Å². The summed E-state index contributed by atoms with van der Waals surface area (Å²) in [6.07, 6.45) is 0. The Morgan fingerprint density at radius 2 is 2.06 bits per heavy atom. The molecule has 0 amide bonds. The van der Waals surface area contributed by atoms with Crippen LogP contribution in [0.4, 0.5) is 17.5 Å². The Hall–Kier alpha value is -1.37. The van der Waals surface area contributed by atoms with Gasteiger partial charge >= 0.3 is 0 Å². The SMILES string of the molecule is Cc1cc(Nc2cc(Br)ccc2Cl)nc(NN)n1. The van der Waals surface area contributed by atoms with Crippen LogP contribution in [-0.2, 0) is 0 Å². The van der Waals surface area contributed by atoms with Gasteiger partial charge in [0.1, 0.15) is 5.82 Å². The number of rotatable bonds is 3. The number of benzene rings is 1. The van der Waals surface area contributed by atoms with Gasteiger partial charge in [0.05, 0.1) is 10.7 Å². The number of hydrazine groups is 1. The molecule has 1 aromatic carbocycles. The van der Waals surface area contributed by atoms with E-state index in [1.54, 1.807) is 12.1 Å². The van der Waals surface area contributed by atoms with E-state index in [-0.39, 0.29) is 0 Å². The number of hydrogen-bond acceptors (Lipinski definition) is 5. The lowest BCUT2D eigenvalue weighted by molar-refractivity contribution is 1.07. The number of hydrogen-bond donors (Lipinski definition) is 3. The minimum absolute atomic E-state index is 0.351. The van der Waals surface area contributed by atoms with Crippen LogP contribution in [-0.4, -0.2) is 9.97 Å². The fourth-order valence-electron chi connectivity index (χ4n) is 1.43. The summed E-state index contributed by atoms with van der Waals surface area (Å²) in [6, 6.07) is 7.34. The van der Waals surface area contributed by atoms with Crippen LogP contribution in [0.2, 0.25) is 5.02 Å². The molecule has 2 rings (SSSR count). The lowest BCUT2D eigenvalue weighted by Gasteiger charge is -2.10. The first-order chi connectivity index (χ1) is 8.58. The van der Waals surface area contributed by atoms with Crippen LogP contribution in [0, 0.1) is 6.92 Å². The molecule has 0 spiro atoms. The minimum atomic E-state index is 0.351. The number of nitrogen functional groups attached to an aromatic ring is 1. The third kappa shape index (κ3) is 3.10. The van der Waals surface area contributed by atoms with Gasteiger partial charge in [-0.15, -0.1) is 0 Å². The first-order valence-electron chi connectivity index (χ1n) is 5.13. The molecule has 0 unspecified atom stereocenters. The Kier molecular flexibility index (Phi) is 4.00. The quantitative estimate of drug-likeness (QED) is 0.596. The molecule has 1 heterocycles. The Morgan fingerprint density at radius 3 is 2.78 bits per heavy atom. The van der Waals surface area contributed by atoms with Crippen molar-refractivity contribution in [3.05, 3.63) is 39.5 Å². The van der Waals surface area contributed by atoms with E-state index in [9.17, 15) is 0 Å². The van der Waals surface area contributed by atoms with Gasteiger partial charge < -0.3 is 5.32 Å². The number of nitrogens with two attached hydrogens (primary N) is 1. The molecule has 4 N–H and O–H groups in total. The van der Waals surface area contributed by atoms with Crippen molar-refractivity contribution in [1.82, 2.24) is 9.97 Å². The van der Waals surface area contributed by atoms with E-state index < -0.39 is 0 Å². The van der Waals surface area contributed by atoms with Crippen LogP contribution in [0.3, 0.4) is 0 Å². The van der Waals surface area contributed by atoms with Gasteiger partial charge in [-0.1, -0.05) is 27.5 Å². The van der Waals surface area contributed by atoms with Crippen LogP contribution in [0.15, 0.2) is 28.7 Å². The van der Waals surface area contributed by atoms with Gasteiger partial charge in [0.2, 0.25) is 5.95 Å². The van der Waals surface area contributed by atoms with Crippen molar-refractivity contribution in [2.75, 3.05) is 10.7 Å². The summed E-state index contributed by atoms with van der Waals surface area (Å²) in [5.74, 6) is 6.27. The summed E-state index contributed by atoms with van der Waals surface area (Å²) in [5, 5.41) is 3.73. The van der Waals surface area contributed by atoms with Crippen LogP contribution in [0.5, 0.6) is 0 Å². The molecule has 94 valence electrons. The fraction of sp³-hybridized carbons (Fsp3) is 0.0909. The normalized spacial score (nSPS) is 10.2. The molecule has 5 nitrogen and oxygen atoms in total. The molecule has 0 radical (unpaired) electrons. The number of halogens is 2. The largest absolute Gasteiger partial charge is 0.339 e. The molecule has 18 heavy (non-hydrogen) atoms. The van der Waals surface area contributed by atoms with Gasteiger partial charge in [-0.2, -0.15) is 4.98 Å². The monoisotopic (exact) mass is 327 g/mol. The average molecular weight is 329 g/mol. The van der Waals surface area contributed by atoms with Crippen molar-refractivity contribution < 1.29 is 0 Å². The third-order valence-corrected chi connectivity index (χ3v) is 3.00. The first-order valence-corrected chi connectivity index (χ1v) is 6.30. The molecule has 1 aromatic heterocycles. The van der Waals surface area contributed by atoms with Crippen molar-refractivity contribution in [2.45, 2.75) is 6.92 Å². The summed E-state index contributed by atoms with van der Waals surface area (Å²) < 4.78 is 0.928. The van der Waals surface area contributed by atoms with Gasteiger partial charge in [0, 0.05) is 16.2 Å². The molecule has 0 saturated carbocycles. The molecular formula is C11H11BrClN5. The second-order valence-corrected chi connectivity index (χ2v) is 4.93. The zero-order valence-corrected chi connectivity index (χ0v) is 11.9. The van der Waals surface area contributed by atoms with E-state index in [1.165, 1.54) is 0 Å². The maximum atomic E-state index is 6.09. The molecule has 0 fully saturated rings. The standard InChI is InChI=1S/C11H11BrClN5/c1-6-4-10(17-11(15-6)18-14)16-9-5-7(12)2-3-8(9)13/h2-5H,14H2,1H3,(H2,15,16,17,18). The molecule has 7 heteroatoms. The highest BCUT2D eigenvalue weighted by Crippen LogP contribution is 2.28. The number of aryl methyl sites for hydroxylation is 1. The van der Waals surface area contributed by atoms with E-state index >= 15 is 0 Å². The fourth-order valence-corrected chi connectivity index (χ4v) is 1.95. The summed E-state index contributed by atoms with van der Waals surface area (Å²) in [5.41, 5.74) is 3.97. The molecule has 2 aromatic rings. The molecule has 0 aliphatic heterocycles. The van der Waals surface area contributed by atoms with Crippen LogP contribution < -0.4 is 16.6 Å². The maximum absolute atomic E-state index is 6.09. The predicted molar refractivity (Wildman–Crippen MR) is 77.0 cm³/mol. The maximum Gasteiger partial charge on any atom is 0.239 e. The number of nitrogens with zero attached hydrogens (tertiary/aromatic N) is 2. The second kappa shape index (κ2) is 5.51. The van der Waals surface area contributed by atoms with E-state index in [0.717, 1.165) is 15.9 Å². The van der Waals surface area contributed by atoms with Crippen molar-refractivity contribution in [3.8, 4) is 0 Å². The van der Waals surface area contributed by atoms with Crippen LogP contribution in [0.1, 0.15) is 5.69 Å². The van der Waals surface area contributed by atoms with Crippen molar-refractivity contribution in [3.63, 3.8) is 0 Å². The number of aromatic nitrogens is 2. The van der Waals surface area contributed by atoms with E-state index in [0.29, 0.717) is 16.8 Å². The summed E-state index contributed by atoms with van der Waals surface area (Å²) >= 11 is 9.48. The Morgan fingerprint density at radius 1 is 1.28 bits per heavy atom. The van der Waals surface area contributed by atoms with Crippen LogP contribution in [0.25, 0.3) is 0 Å². The first kappa shape index (κ1) is 13.1. The van der Waals surface area contributed by atoms with Crippen molar-refractivity contribution >= 4 is 45.0 Å². The Bertz CT molecular complexity index is 575. The molecule has 0 aliphatic carbocycles. The summed E-state index contributed by atoms with van der Waals surface area (Å²) in [4.78, 5) is 8.29. The van der Waals surface area contributed by atoms with Gasteiger partial charge in [-0.3, -0.25) is 5.43 Å². The van der Waals surface area contributed by atoms with E-state index in [4.69, 9.17) is 17.4 Å².